The maximum atomic E-state index is 13.4. The zero-order chi connectivity index (χ0) is 15.8. The van der Waals surface area contributed by atoms with E-state index in [1.54, 1.807) is 18.2 Å². The molecule has 3 nitrogen and oxygen atoms in total. The molecule has 0 saturated heterocycles. The minimum Gasteiger partial charge on any atom is -0.384 e. The molecule has 0 spiro atoms. The minimum absolute atomic E-state index is 0.0455. The topological polar surface area (TPSA) is 41.1 Å². The highest BCUT2D eigenvalue weighted by Gasteiger charge is 2.04. The van der Waals surface area contributed by atoms with Crippen LogP contribution in [0.25, 0.3) is 0 Å². The Balaban J connectivity index is 1.66. The summed E-state index contributed by atoms with van der Waals surface area (Å²) < 4.78 is 14.4. The van der Waals surface area contributed by atoms with E-state index >= 15 is 0 Å². The van der Waals surface area contributed by atoms with Gasteiger partial charge in [0, 0.05) is 29.7 Å². The summed E-state index contributed by atoms with van der Waals surface area (Å²) in [6, 6.07) is 14.4. The first-order chi connectivity index (χ1) is 10.7. The van der Waals surface area contributed by atoms with Crippen molar-refractivity contribution >= 4 is 27.5 Å². The van der Waals surface area contributed by atoms with Crippen molar-refractivity contribution in [3.63, 3.8) is 0 Å². The molecular weight excluding hydrogens is 347 g/mol. The second kappa shape index (κ2) is 8.54. The molecule has 0 bridgehead atoms. The van der Waals surface area contributed by atoms with Gasteiger partial charge in [-0.05, 0) is 46.1 Å². The summed E-state index contributed by atoms with van der Waals surface area (Å²) >= 11 is 3.44. The first-order valence-corrected chi connectivity index (χ1v) is 7.94. The van der Waals surface area contributed by atoms with E-state index in [4.69, 9.17) is 0 Å². The largest absolute Gasteiger partial charge is 0.384 e. The Morgan fingerprint density at radius 3 is 2.55 bits per heavy atom. The third kappa shape index (κ3) is 5.15. The Hall–Kier alpha value is -1.88. The van der Waals surface area contributed by atoms with Gasteiger partial charge in [0.1, 0.15) is 5.82 Å². The first kappa shape index (κ1) is 16.5. The Bertz CT molecular complexity index is 580. The zero-order valence-corrected chi connectivity index (χ0v) is 13.7. The summed E-state index contributed by atoms with van der Waals surface area (Å²) in [5, 5.41) is 6.00. The number of rotatable bonds is 7. The molecule has 0 unspecified atom stereocenters. The van der Waals surface area contributed by atoms with Crippen molar-refractivity contribution in [1.82, 2.24) is 5.32 Å². The van der Waals surface area contributed by atoms with Crippen LogP contribution in [0, 0.1) is 5.82 Å². The summed E-state index contributed by atoms with van der Waals surface area (Å²) in [5.41, 5.74) is 1.58. The lowest BCUT2D eigenvalue weighted by molar-refractivity contribution is -0.120. The smallest absolute Gasteiger partial charge is 0.221 e. The number of carbonyl (C=O) groups excluding carboxylic acids is 1. The molecule has 2 rings (SSSR count). The molecule has 0 aliphatic heterocycles. The predicted octanol–water partition coefficient (Wildman–Crippen LogP) is 3.75. The minimum atomic E-state index is -0.229. The first-order valence-electron chi connectivity index (χ1n) is 7.15. The lowest BCUT2D eigenvalue weighted by Gasteiger charge is -2.09. The molecule has 0 atom stereocenters. The number of hydrogen-bond donors (Lipinski definition) is 2. The van der Waals surface area contributed by atoms with Gasteiger partial charge in [0.2, 0.25) is 5.91 Å². The van der Waals surface area contributed by atoms with Crippen LogP contribution in [0.4, 0.5) is 10.1 Å². The van der Waals surface area contributed by atoms with E-state index in [2.05, 4.69) is 26.6 Å². The molecule has 2 N–H and O–H groups in total. The monoisotopic (exact) mass is 364 g/mol. The van der Waals surface area contributed by atoms with Crippen LogP contribution in [0.2, 0.25) is 0 Å². The SMILES string of the molecule is O=C(CCNc1ccccc1Br)NCCc1ccccc1F. The van der Waals surface area contributed by atoms with Crippen molar-refractivity contribution < 1.29 is 9.18 Å². The van der Waals surface area contributed by atoms with Crippen molar-refractivity contribution in [2.75, 3.05) is 18.4 Å². The lowest BCUT2D eigenvalue weighted by atomic mass is 10.1. The fraction of sp³-hybridized carbons (Fsp3) is 0.235. The molecule has 0 aromatic heterocycles. The van der Waals surface area contributed by atoms with Gasteiger partial charge in [-0.2, -0.15) is 0 Å². The highest BCUT2D eigenvalue weighted by Crippen LogP contribution is 2.20. The van der Waals surface area contributed by atoms with Crippen LogP contribution in [0.3, 0.4) is 0 Å². The van der Waals surface area contributed by atoms with Crippen molar-refractivity contribution in [3.8, 4) is 0 Å². The molecular formula is C17H18BrFN2O. The summed E-state index contributed by atoms with van der Waals surface area (Å²) in [5.74, 6) is -0.275. The predicted molar refractivity (Wildman–Crippen MR) is 90.4 cm³/mol. The molecule has 2 aromatic carbocycles. The molecule has 5 heteroatoms. The van der Waals surface area contributed by atoms with E-state index in [1.807, 2.05) is 24.3 Å². The van der Waals surface area contributed by atoms with Gasteiger partial charge in [-0.1, -0.05) is 30.3 Å². The normalized spacial score (nSPS) is 10.3. The highest BCUT2D eigenvalue weighted by atomic mass is 79.9. The molecule has 22 heavy (non-hydrogen) atoms. The van der Waals surface area contributed by atoms with E-state index in [-0.39, 0.29) is 11.7 Å². The van der Waals surface area contributed by atoms with E-state index in [0.717, 1.165) is 10.2 Å². The van der Waals surface area contributed by atoms with Crippen LogP contribution in [-0.4, -0.2) is 19.0 Å². The van der Waals surface area contributed by atoms with Gasteiger partial charge < -0.3 is 10.6 Å². The highest BCUT2D eigenvalue weighted by molar-refractivity contribution is 9.10. The molecule has 0 fully saturated rings. The zero-order valence-electron chi connectivity index (χ0n) is 12.1. The fourth-order valence-corrected chi connectivity index (χ4v) is 2.47. The van der Waals surface area contributed by atoms with Gasteiger partial charge in [0.25, 0.3) is 0 Å². The second-order valence-electron chi connectivity index (χ2n) is 4.85. The fourth-order valence-electron chi connectivity index (χ4n) is 2.04. The molecule has 0 aliphatic rings. The number of nitrogens with one attached hydrogen (secondary N) is 2. The lowest BCUT2D eigenvalue weighted by Crippen LogP contribution is -2.27. The molecule has 0 radical (unpaired) electrons. The van der Waals surface area contributed by atoms with E-state index < -0.39 is 0 Å². The van der Waals surface area contributed by atoms with Crippen LogP contribution < -0.4 is 10.6 Å². The van der Waals surface area contributed by atoms with Gasteiger partial charge in [-0.25, -0.2) is 4.39 Å². The second-order valence-corrected chi connectivity index (χ2v) is 5.70. The maximum Gasteiger partial charge on any atom is 0.221 e. The number of hydrogen-bond acceptors (Lipinski definition) is 2. The van der Waals surface area contributed by atoms with Gasteiger partial charge in [0.15, 0.2) is 0 Å². The average Bonchev–Trinajstić information content (AvgIpc) is 2.51. The van der Waals surface area contributed by atoms with Crippen molar-refractivity contribution in [1.29, 1.82) is 0 Å². The Morgan fingerprint density at radius 1 is 1.05 bits per heavy atom. The summed E-state index contributed by atoms with van der Waals surface area (Å²) in [7, 11) is 0. The number of halogens is 2. The molecule has 1 amide bonds. The third-order valence-corrected chi connectivity index (χ3v) is 3.91. The van der Waals surface area contributed by atoms with Crippen molar-refractivity contribution in [2.45, 2.75) is 12.8 Å². The standard InChI is InChI=1S/C17H18BrFN2O/c18-14-6-2-4-8-16(14)20-12-10-17(22)21-11-9-13-5-1-3-7-15(13)19/h1-8,20H,9-12H2,(H,21,22). The Morgan fingerprint density at radius 2 is 1.77 bits per heavy atom. The van der Waals surface area contributed by atoms with Gasteiger partial charge in [-0.15, -0.1) is 0 Å². The van der Waals surface area contributed by atoms with Crippen molar-refractivity contribution in [2.24, 2.45) is 0 Å². The number of anilines is 1. The maximum absolute atomic E-state index is 13.4. The van der Waals surface area contributed by atoms with Crippen LogP contribution in [0.15, 0.2) is 53.0 Å². The molecule has 2 aromatic rings. The van der Waals surface area contributed by atoms with Crippen LogP contribution in [0.1, 0.15) is 12.0 Å². The number of para-hydroxylation sites is 1. The van der Waals surface area contributed by atoms with Gasteiger partial charge in [-0.3, -0.25) is 4.79 Å². The molecule has 0 heterocycles. The summed E-state index contributed by atoms with van der Waals surface area (Å²) in [4.78, 5) is 11.7. The van der Waals surface area contributed by atoms with Crippen LogP contribution in [0.5, 0.6) is 0 Å². The molecule has 0 aliphatic carbocycles. The van der Waals surface area contributed by atoms with Crippen LogP contribution >= 0.6 is 15.9 Å². The Kier molecular flexibility index (Phi) is 6.40. The summed E-state index contributed by atoms with van der Waals surface area (Å²) in [6.45, 7) is 0.989. The number of amides is 1. The van der Waals surface area contributed by atoms with E-state index in [0.29, 0.717) is 31.5 Å². The van der Waals surface area contributed by atoms with Crippen molar-refractivity contribution in [3.05, 3.63) is 64.4 Å². The van der Waals surface area contributed by atoms with Gasteiger partial charge in [0.05, 0.1) is 0 Å². The third-order valence-electron chi connectivity index (χ3n) is 3.22. The summed E-state index contributed by atoms with van der Waals surface area (Å²) in [6.07, 6.45) is 0.870. The molecule has 0 saturated carbocycles. The van der Waals surface area contributed by atoms with E-state index in [1.165, 1.54) is 6.07 Å². The Labute approximate surface area is 138 Å². The quantitative estimate of drug-likeness (QED) is 0.785. The number of benzene rings is 2. The van der Waals surface area contributed by atoms with Crippen LogP contribution in [-0.2, 0) is 11.2 Å². The number of carbonyl (C=O) groups is 1. The molecule has 116 valence electrons. The van der Waals surface area contributed by atoms with E-state index in [9.17, 15) is 9.18 Å². The average molecular weight is 365 g/mol. The van der Waals surface area contributed by atoms with Gasteiger partial charge >= 0.3 is 0 Å².